The number of pyridine rings is 1. The first-order chi connectivity index (χ1) is 16.6. The molecule has 0 aliphatic carbocycles. The van der Waals surface area contributed by atoms with Crippen LogP contribution >= 0.6 is 0 Å². The van der Waals surface area contributed by atoms with E-state index < -0.39 is 23.6 Å². The van der Waals surface area contributed by atoms with Crippen molar-refractivity contribution in [1.82, 2.24) is 19.8 Å². The highest BCUT2D eigenvalue weighted by molar-refractivity contribution is 5.96. The van der Waals surface area contributed by atoms with Crippen molar-refractivity contribution in [3.63, 3.8) is 0 Å². The third kappa shape index (κ3) is 6.79. The smallest absolute Gasteiger partial charge is 0.405 e. The molecule has 4 N–H and O–H groups in total. The molecule has 0 bridgehead atoms. The fourth-order valence-corrected chi connectivity index (χ4v) is 3.42. The normalized spacial score (nSPS) is 12.0. The quantitative estimate of drug-likeness (QED) is 0.347. The molecule has 0 aliphatic heterocycles. The molecule has 3 aromatic rings. The maximum atomic E-state index is 13.4. The van der Waals surface area contributed by atoms with E-state index in [9.17, 15) is 23.6 Å². The molecule has 0 saturated carbocycles. The maximum Gasteiger partial charge on any atom is 0.405 e. The summed E-state index contributed by atoms with van der Waals surface area (Å²) in [6.07, 6.45) is 3.39. The van der Waals surface area contributed by atoms with Crippen LogP contribution < -0.4 is 16.2 Å². The van der Waals surface area contributed by atoms with Gasteiger partial charge in [0.1, 0.15) is 17.5 Å². The predicted octanol–water partition coefficient (Wildman–Crippen LogP) is 2.52. The predicted molar refractivity (Wildman–Crippen MR) is 129 cm³/mol. The molecular formula is C24H26FN5O5. The lowest BCUT2D eigenvalue weighted by Crippen LogP contribution is -2.44. The van der Waals surface area contributed by atoms with Gasteiger partial charge in [-0.15, -0.1) is 0 Å². The van der Waals surface area contributed by atoms with Gasteiger partial charge in [-0.05, 0) is 55.3 Å². The minimum absolute atomic E-state index is 0.0184. The molecule has 0 fully saturated rings. The third-order valence-corrected chi connectivity index (χ3v) is 5.19. The molecule has 2 aromatic heterocycles. The third-order valence-electron chi connectivity index (χ3n) is 5.19. The fraction of sp³-hybridized carbons (Fsp3) is 0.250. The average molecular weight is 484 g/mol. The summed E-state index contributed by atoms with van der Waals surface area (Å²) in [5.41, 5.74) is 0.884. The van der Waals surface area contributed by atoms with E-state index in [4.69, 9.17) is 5.11 Å². The lowest BCUT2D eigenvalue weighted by Gasteiger charge is -2.16. The van der Waals surface area contributed by atoms with Gasteiger partial charge in [0.05, 0.1) is 6.54 Å². The zero-order chi connectivity index (χ0) is 25.5. The number of hydrogen-bond acceptors (Lipinski definition) is 4. The van der Waals surface area contributed by atoms with Crippen molar-refractivity contribution in [3.8, 4) is 0 Å². The topological polar surface area (TPSA) is 137 Å². The van der Waals surface area contributed by atoms with Crippen LogP contribution in [0.5, 0.6) is 0 Å². The Morgan fingerprint density at radius 3 is 2.71 bits per heavy atom. The molecule has 3 rings (SSSR count). The number of carboxylic acid groups (broad SMARTS) is 1. The number of fused-ring (bicyclic) bond motifs is 1. The first-order valence-corrected chi connectivity index (χ1v) is 10.8. The van der Waals surface area contributed by atoms with Crippen LogP contribution in [0.25, 0.3) is 10.9 Å². The van der Waals surface area contributed by atoms with E-state index in [1.54, 1.807) is 44.6 Å². The molecular weight excluding hydrogens is 457 g/mol. The first-order valence-electron chi connectivity index (χ1n) is 10.8. The Morgan fingerprint density at radius 1 is 1.23 bits per heavy atom. The molecule has 184 valence electrons. The van der Waals surface area contributed by atoms with Gasteiger partial charge in [0.25, 0.3) is 5.56 Å². The molecule has 0 spiro atoms. The standard InChI is InChI=1S/C24H26FN5O5/c1-29(2)21(31)8-4-3-6-19(28-24(34)35)22(32)27-20-7-5-11-30(23(20)33)14-17-13-15-12-16(25)9-10-18(15)26-17/h4-5,7-13,19,26,28H,3,6,14H2,1-2H3,(H,27,32)(H,34,35)/b8-4+. The number of aromatic amines is 1. The van der Waals surface area contributed by atoms with Gasteiger partial charge in [-0.2, -0.15) is 0 Å². The summed E-state index contributed by atoms with van der Waals surface area (Å²) in [5, 5.41) is 14.4. The second-order valence-corrected chi connectivity index (χ2v) is 8.08. The number of benzene rings is 1. The SMILES string of the molecule is CN(C)C(=O)/C=C/CCC(NC(=O)O)C(=O)Nc1cccn(Cc2cc3cc(F)ccc3[nH]2)c1=O. The van der Waals surface area contributed by atoms with Crippen LogP contribution in [0.4, 0.5) is 14.9 Å². The van der Waals surface area contributed by atoms with Crippen molar-refractivity contribution in [3.05, 3.63) is 76.6 Å². The van der Waals surface area contributed by atoms with Gasteiger partial charge in [-0.25, -0.2) is 9.18 Å². The molecule has 2 heterocycles. The molecule has 1 atom stereocenters. The molecule has 3 amide bonds. The number of halogens is 1. The molecule has 35 heavy (non-hydrogen) atoms. The number of hydrogen-bond donors (Lipinski definition) is 4. The monoisotopic (exact) mass is 483 g/mol. The summed E-state index contributed by atoms with van der Waals surface area (Å²) in [5.74, 6) is -1.30. The first kappa shape index (κ1) is 25.2. The molecule has 1 unspecified atom stereocenters. The lowest BCUT2D eigenvalue weighted by molar-refractivity contribution is -0.123. The second kappa shape index (κ2) is 11.1. The van der Waals surface area contributed by atoms with Crippen LogP contribution in [0.2, 0.25) is 0 Å². The Labute approximate surface area is 200 Å². The Kier molecular flexibility index (Phi) is 8.03. The van der Waals surface area contributed by atoms with Crippen molar-refractivity contribution in [2.75, 3.05) is 19.4 Å². The van der Waals surface area contributed by atoms with Gasteiger partial charge in [0.15, 0.2) is 0 Å². The lowest BCUT2D eigenvalue weighted by atomic mass is 10.1. The van der Waals surface area contributed by atoms with E-state index in [1.807, 2.05) is 0 Å². The van der Waals surface area contributed by atoms with E-state index in [-0.39, 0.29) is 36.8 Å². The Morgan fingerprint density at radius 2 is 2.00 bits per heavy atom. The highest BCUT2D eigenvalue weighted by Crippen LogP contribution is 2.17. The Hall–Kier alpha value is -4.41. The summed E-state index contributed by atoms with van der Waals surface area (Å²) >= 11 is 0. The number of aromatic nitrogens is 2. The highest BCUT2D eigenvalue weighted by Gasteiger charge is 2.21. The molecule has 0 radical (unpaired) electrons. The van der Waals surface area contributed by atoms with Crippen LogP contribution in [-0.4, -0.2) is 57.6 Å². The number of carbonyl (C=O) groups is 3. The molecule has 0 aliphatic rings. The average Bonchev–Trinajstić information content (AvgIpc) is 3.19. The fourth-order valence-electron chi connectivity index (χ4n) is 3.42. The van der Waals surface area contributed by atoms with Crippen molar-refractivity contribution in [1.29, 1.82) is 0 Å². The number of likely N-dealkylation sites (N-methyl/N-ethyl adjacent to an activating group) is 1. The Bertz CT molecular complexity index is 1330. The molecule has 1 aromatic carbocycles. The van der Waals surface area contributed by atoms with Gasteiger partial charge in [-0.1, -0.05) is 6.08 Å². The number of allylic oxidation sites excluding steroid dienone is 1. The zero-order valence-electron chi connectivity index (χ0n) is 19.2. The number of nitrogens with one attached hydrogen (secondary N) is 3. The van der Waals surface area contributed by atoms with Crippen LogP contribution in [0.3, 0.4) is 0 Å². The van der Waals surface area contributed by atoms with Crippen molar-refractivity contribution < 1.29 is 23.9 Å². The van der Waals surface area contributed by atoms with Crippen LogP contribution in [-0.2, 0) is 16.1 Å². The molecule has 11 heteroatoms. The zero-order valence-corrected chi connectivity index (χ0v) is 19.2. The summed E-state index contributed by atoms with van der Waals surface area (Å²) in [7, 11) is 3.19. The number of H-pyrrole nitrogens is 1. The number of rotatable bonds is 9. The minimum Gasteiger partial charge on any atom is -0.465 e. The van der Waals surface area contributed by atoms with E-state index in [1.165, 1.54) is 33.7 Å². The van der Waals surface area contributed by atoms with Gasteiger partial charge >= 0.3 is 6.09 Å². The number of carbonyl (C=O) groups excluding carboxylic acids is 2. The van der Waals surface area contributed by atoms with E-state index in [0.717, 1.165) is 5.52 Å². The molecule has 0 saturated heterocycles. The number of nitrogens with zero attached hydrogens (tertiary/aromatic N) is 2. The summed E-state index contributed by atoms with van der Waals surface area (Å²) < 4.78 is 14.8. The van der Waals surface area contributed by atoms with E-state index in [2.05, 4.69) is 15.6 Å². The van der Waals surface area contributed by atoms with Crippen molar-refractivity contribution in [2.45, 2.75) is 25.4 Å². The van der Waals surface area contributed by atoms with Crippen molar-refractivity contribution in [2.24, 2.45) is 0 Å². The number of amides is 3. The van der Waals surface area contributed by atoms with Gasteiger partial charge in [0, 0.05) is 36.9 Å². The second-order valence-electron chi connectivity index (χ2n) is 8.08. The van der Waals surface area contributed by atoms with Gasteiger partial charge in [0.2, 0.25) is 11.8 Å². The van der Waals surface area contributed by atoms with Gasteiger partial charge in [-0.3, -0.25) is 14.4 Å². The van der Waals surface area contributed by atoms with Crippen LogP contribution in [0.1, 0.15) is 18.5 Å². The largest absolute Gasteiger partial charge is 0.465 e. The van der Waals surface area contributed by atoms with E-state index >= 15 is 0 Å². The summed E-state index contributed by atoms with van der Waals surface area (Å²) in [6.45, 7) is 0.153. The van der Waals surface area contributed by atoms with E-state index in [0.29, 0.717) is 11.1 Å². The highest BCUT2D eigenvalue weighted by atomic mass is 19.1. The summed E-state index contributed by atoms with van der Waals surface area (Å²) in [4.78, 5) is 52.9. The van der Waals surface area contributed by atoms with Gasteiger partial charge < -0.3 is 30.2 Å². The Balaban J connectivity index is 1.71. The van der Waals surface area contributed by atoms with Crippen LogP contribution in [0, 0.1) is 5.82 Å². The molecule has 10 nitrogen and oxygen atoms in total. The van der Waals surface area contributed by atoms with Crippen molar-refractivity contribution >= 4 is 34.5 Å². The minimum atomic E-state index is -1.39. The van der Waals surface area contributed by atoms with Crippen LogP contribution in [0.15, 0.2) is 59.5 Å². The maximum absolute atomic E-state index is 13.4. The summed E-state index contributed by atoms with van der Waals surface area (Å²) in [6, 6.07) is 7.92. The number of anilines is 1.